The van der Waals surface area contributed by atoms with Crippen molar-refractivity contribution in [2.75, 3.05) is 6.54 Å². The standard InChI is InChI=1S/C37H43N7O/c1-7-27-24(5)33-20-36-28(8-2)23(4)31(42-36)19-32-25(6)29(10-11-37(45)39-12-9-14-44-15-13-38-21-44)34(41-32)17-26-16-22(3)30(40-26)18-35(27)43-33/h13,15-21,40,43H,7-12,14H2,1-6H3,(H,39,45). The summed E-state index contributed by atoms with van der Waals surface area (Å²) < 4.78 is 2.02. The number of imidazole rings is 1. The van der Waals surface area contributed by atoms with Gasteiger partial charge < -0.3 is 19.9 Å². The maximum Gasteiger partial charge on any atom is 0.220 e. The van der Waals surface area contributed by atoms with Gasteiger partial charge in [0, 0.05) is 54.0 Å². The minimum absolute atomic E-state index is 0.0529. The van der Waals surface area contributed by atoms with Gasteiger partial charge in [-0.15, -0.1) is 0 Å². The van der Waals surface area contributed by atoms with Crippen molar-refractivity contribution in [2.45, 2.75) is 80.2 Å². The lowest BCUT2D eigenvalue weighted by Crippen LogP contribution is -2.24. The molecule has 0 atom stereocenters. The van der Waals surface area contributed by atoms with Crippen molar-refractivity contribution in [2.24, 2.45) is 0 Å². The van der Waals surface area contributed by atoms with Gasteiger partial charge in [0.25, 0.3) is 0 Å². The summed E-state index contributed by atoms with van der Waals surface area (Å²) in [6.45, 7) is 14.5. The maximum absolute atomic E-state index is 12.9. The van der Waals surface area contributed by atoms with Crippen molar-refractivity contribution in [1.82, 2.24) is 34.8 Å². The molecule has 8 bridgehead atoms. The van der Waals surface area contributed by atoms with Crippen LogP contribution in [0.15, 0.2) is 49.1 Å². The third-order valence-electron chi connectivity index (χ3n) is 9.22. The highest BCUT2D eigenvalue weighted by Gasteiger charge is 2.21. The van der Waals surface area contributed by atoms with Gasteiger partial charge in [-0.25, -0.2) is 15.0 Å². The predicted molar refractivity (Wildman–Crippen MR) is 184 cm³/mol. The first-order valence-corrected chi connectivity index (χ1v) is 16.1. The van der Waals surface area contributed by atoms with E-state index in [-0.39, 0.29) is 5.91 Å². The van der Waals surface area contributed by atoms with E-state index in [0.717, 1.165) is 81.8 Å². The number of fused-ring (bicyclic) bond motifs is 8. The van der Waals surface area contributed by atoms with Crippen LogP contribution in [0.2, 0.25) is 0 Å². The van der Waals surface area contributed by atoms with Gasteiger partial charge in [0.05, 0.1) is 29.1 Å². The molecule has 0 saturated heterocycles. The normalized spacial score (nSPS) is 13.2. The van der Waals surface area contributed by atoms with Gasteiger partial charge in [-0.3, -0.25) is 4.79 Å². The molecule has 6 heterocycles. The van der Waals surface area contributed by atoms with E-state index in [1.165, 1.54) is 27.8 Å². The van der Waals surface area contributed by atoms with Gasteiger partial charge in [0.15, 0.2) is 0 Å². The van der Waals surface area contributed by atoms with Gasteiger partial charge >= 0.3 is 0 Å². The molecule has 232 valence electrons. The first-order chi connectivity index (χ1) is 21.7. The Morgan fingerprint density at radius 2 is 1.58 bits per heavy atom. The quantitative estimate of drug-likeness (QED) is 0.169. The number of rotatable bonds is 9. The summed E-state index contributed by atoms with van der Waals surface area (Å²) in [5.41, 5.74) is 16.4. The molecule has 2 aliphatic rings. The largest absolute Gasteiger partial charge is 0.356 e. The first kappa shape index (κ1) is 30.3. The van der Waals surface area contributed by atoms with Crippen LogP contribution in [0, 0.1) is 13.8 Å². The molecule has 0 fully saturated rings. The molecule has 0 saturated carbocycles. The summed E-state index contributed by atoms with van der Waals surface area (Å²) in [5, 5.41) is 3.09. The summed E-state index contributed by atoms with van der Waals surface area (Å²) in [4.78, 5) is 34.5. The Hall–Kier alpha value is -4.72. The summed E-state index contributed by atoms with van der Waals surface area (Å²) >= 11 is 0. The highest BCUT2D eigenvalue weighted by Crippen LogP contribution is 2.37. The molecule has 45 heavy (non-hydrogen) atoms. The zero-order valence-electron chi connectivity index (χ0n) is 27.3. The van der Waals surface area contributed by atoms with E-state index in [2.05, 4.69) is 92.1 Å². The average molecular weight is 602 g/mol. The predicted octanol–water partition coefficient (Wildman–Crippen LogP) is 7.95. The van der Waals surface area contributed by atoms with Gasteiger partial charge in [-0.05, 0) is 123 Å². The second-order valence-corrected chi connectivity index (χ2v) is 12.1. The van der Waals surface area contributed by atoms with Crippen LogP contribution < -0.4 is 5.32 Å². The van der Waals surface area contributed by atoms with Gasteiger partial charge in [-0.2, -0.15) is 0 Å². The molecular formula is C37H43N7O. The number of aromatic amines is 2. The number of allylic oxidation sites excluding steroid dienone is 4. The molecule has 4 aromatic rings. The van der Waals surface area contributed by atoms with Crippen LogP contribution in [-0.2, 0) is 17.8 Å². The molecule has 8 heteroatoms. The monoisotopic (exact) mass is 601 g/mol. The molecule has 0 unspecified atom stereocenters. The summed E-state index contributed by atoms with van der Waals surface area (Å²) in [6, 6.07) is 10.8. The number of hydrogen-bond acceptors (Lipinski definition) is 4. The van der Waals surface area contributed by atoms with Crippen molar-refractivity contribution in [1.29, 1.82) is 0 Å². The molecule has 1 amide bonds. The van der Waals surface area contributed by atoms with Crippen molar-refractivity contribution in [3.8, 4) is 0 Å². The van der Waals surface area contributed by atoms with Crippen LogP contribution >= 0.6 is 0 Å². The lowest BCUT2D eigenvalue weighted by atomic mass is 10.00. The topological polar surface area (TPSA) is 104 Å². The molecular weight excluding hydrogens is 558 g/mol. The second-order valence-electron chi connectivity index (χ2n) is 12.1. The minimum Gasteiger partial charge on any atom is -0.356 e. The number of nitrogens with one attached hydrogen (secondary N) is 3. The Morgan fingerprint density at radius 3 is 2.29 bits per heavy atom. The van der Waals surface area contributed by atoms with Crippen molar-refractivity contribution in [3.63, 3.8) is 0 Å². The Labute approximate surface area is 264 Å². The van der Waals surface area contributed by atoms with Crippen LogP contribution in [0.3, 0.4) is 0 Å². The average Bonchev–Trinajstić information content (AvgIpc) is 3.82. The van der Waals surface area contributed by atoms with E-state index in [0.29, 0.717) is 19.4 Å². The fourth-order valence-electron chi connectivity index (χ4n) is 6.56. The van der Waals surface area contributed by atoms with Crippen LogP contribution in [0.25, 0.3) is 44.4 Å². The van der Waals surface area contributed by atoms with Gasteiger partial charge in [-0.1, -0.05) is 13.8 Å². The highest BCUT2D eigenvalue weighted by molar-refractivity contribution is 5.96. The third-order valence-corrected chi connectivity index (χ3v) is 9.22. The Kier molecular flexibility index (Phi) is 8.57. The lowest BCUT2D eigenvalue weighted by molar-refractivity contribution is -0.120. The van der Waals surface area contributed by atoms with Crippen LogP contribution in [0.1, 0.15) is 92.8 Å². The first-order valence-electron chi connectivity index (χ1n) is 16.1. The van der Waals surface area contributed by atoms with Crippen molar-refractivity contribution >= 4 is 50.3 Å². The third kappa shape index (κ3) is 6.14. The molecule has 4 aromatic heterocycles. The summed E-state index contributed by atoms with van der Waals surface area (Å²) in [6.07, 6.45) is 9.22. The smallest absolute Gasteiger partial charge is 0.220 e. The molecule has 0 spiro atoms. The summed E-state index contributed by atoms with van der Waals surface area (Å²) in [5.74, 6) is 0.0529. The minimum atomic E-state index is 0.0529. The number of nitrogens with zero attached hydrogens (tertiary/aromatic N) is 4. The van der Waals surface area contributed by atoms with E-state index < -0.39 is 0 Å². The second kappa shape index (κ2) is 12.7. The van der Waals surface area contributed by atoms with Crippen LogP contribution in [0.4, 0.5) is 0 Å². The molecule has 8 nitrogen and oxygen atoms in total. The number of amides is 1. The van der Waals surface area contributed by atoms with E-state index in [9.17, 15) is 4.79 Å². The fraction of sp³-hybridized carbons (Fsp3) is 0.351. The highest BCUT2D eigenvalue weighted by atomic mass is 16.1. The fourth-order valence-corrected chi connectivity index (χ4v) is 6.56. The number of carbonyl (C=O) groups excluding carboxylic acids is 1. The van der Waals surface area contributed by atoms with E-state index in [1.807, 2.05) is 10.8 Å². The Bertz CT molecular complexity index is 1990. The Morgan fingerprint density at radius 1 is 0.822 bits per heavy atom. The maximum atomic E-state index is 12.9. The zero-order valence-corrected chi connectivity index (χ0v) is 27.3. The Balaban J connectivity index is 1.41. The van der Waals surface area contributed by atoms with Crippen LogP contribution in [0.5, 0.6) is 0 Å². The molecule has 0 radical (unpaired) electrons. The summed E-state index contributed by atoms with van der Waals surface area (Å²) in [7, 11) is 0. The number of carbonyl (C=O) groups is 1. The van der Waals surface area contributed by atoms with E-state index in [1.54, 1.807) is 12.5 Å². The lowest BCUT2D eigenvalue weighted by Gasteiger charge is -2.07. The number of aromatic nitrogens is 6. The van der Waals surface area contributed by atoms with Gasteiger partial charge in [0.2, 0.25) is 5.91 Å². The van der Waals surface area contributed by atoms with Crippen molar-refractivity contribution in [3.05, 3.63) is 88.5 Å². The number of aryl methyl sites for hydroxylation is 4. The SMILES string of the molecule is CCC1=C(C)c2cc3nc(cc4cc(C)c(cc5[nH]c(cc1n2)c(C)c5CC)[nH]4)C(CCC(=O)NCCCn1ccnc1)=C3C. The number of H-pyrrole nitrogens is 2. The number of hydrogen-bond donors (Lipinski definition) is 3. The van der Waals surface area contributed by atoms with E-state index >= 15 is 0 Å². The van der Waals surface area contributed by atoms with Gasteiger partial charge in [0.1, 0.15) is 0 Å². The molecule has 3 N–H and O–H groups in total. The molecule has 6 rings (SSSR count). The molecule has 0 aliphatic carbocycles. The van der Waals surface area contributed by atoms with Crippen LogP contribution in [-0.4, -0.2) is 41.9 Å². The molecule has 0 aromatic carbocycles. The van der Waals surface area contributed by atoms with E-state index in [4.69, 9.17) is 9.97 Å². The zero-order chi connectivity index (χ0) is 31.7. The van der Waals surface area contributed by atoms with Crippen molar-refractivity contribution < 1.29 is 4.79 Å². The molecule has 2 aliphatic heterocycles.